The van der Waals surface area contributed by atoms with Gasteiger partial charge in [0.15, 0.2) is 0 Å². The number of hydrogen-bond acceptors (Lipinski definition) is 4. The smallest absolute Gasteiger partial charge is 0.416 e. The molecular formula is C21H15ClF4N2O3S. The number of pyridine rings is 1. The molecule has 1 unspecified atom stereocenters. The summed E-state index contributed by atoms with van der Waals surface area (Å²) in [4.78, 5) is 3.34. The molecule has 0 fully saturated rings. The molecule has 11 heteroatoms. The molecule has 1 atom stereocenters. The first-order valence-electron chi connectivity index (χ1n) is 9.33. The van der Waals surface area contributed by atoms with Crippen molar-refractivity contribution in [2.24, 2.45) is 0 Å². The number of hydrogen-bond donors (Lipinski definition) is 1. The van der Waals surface area contributed by atoms with Crippen molar-refractivity contribution in [1.29, 1.82) is 0 Å². The standard InChI is InChI=1S/C21H15ClF4N2O3S/c22-17-10-12(21(24,25)26)4-6-15(17)14-8-9-31-18-11-13(5-7-16(14)18)32(29,30)28-20-3-1-2-19(23)27-20/h1-7,10-11,14H,8-9H2,(H,27,28). The number of ether oxygens (including phenoxy) is 1. The van der Waals surface area contributed by atoms with Crippen LogP contribution in [0.4, 0.5) is 23.4 Å². The quantitative estimate of drug-likeness (QED) is 0.384. The summed E-state index contributed by atoms with van der Waals surface area (Å²) in [6, 6.07) is 11.0. The Morgan fingerprint density at radius 2 is 1.81 bits per heavy atom. The lowest BCUT2D eigenvalue weighted by Crippen LogP contribution is -2.18. The molecule has 1 aliphatic heterocycles. The first kappa shape index (κ1) is 22.3. The summed E-state index contributed by atoms with van der Waals surface area (Å²) in [7, 11) is -4.09. The van der Waals surface area contributed by atoms with E-state index in [0.29, 0.717) is 17.5 Å². The monoisotopic (exact) mass is 486 g/mol. The Kier molecular flexibility index (Phi) is 5.76. The molecule has 168 valence electrons. The number of alkyl halides is 3. The fourth-order valence-corrected chi connectivity index (χ4v) is 4.84. The van der Waals surface area contributed by atoms with E-state index in [9.17, 15) is 26.0 Å². The summed E-state index contributed by atoms with van der Waals surface area (Å²) in [5.74, 6) is -1.12. The fraction of sp³-hybridized carbons (Fsp3) is 0.190. The third-order valence-corrected chi connectivity index (χ3v) is 6.67. The molecule has 2 aromatic carbocycles. The number of aromatic nitrogens is 1. The Morgan fingerprint density at radius 1 is 1.06 bits per heavy atom. The molecule has 0 amide bonds. The second kappa shape index (κ2) is 8.25. The van der Waals surface area contributed by atoms with Crippen LogP contribution in [0.15, 0.2) is 59.5 Å². The van der Waals surface area contributed by atoms with E-state index in [1.807, 2.05) is 0 Å². The normalized spacial score (nSPS) is 16.2. The number of halogens is 5. The highest BCUT2D eigenvalue weighted by molar-refractivity contribution is 7.92. The van der Waals surface area contributed by atoms with Gasteiger partial charge >= 0.3 is 6.18 Å². The van der Waals surface area contributed by atoms with Crippen LogP contribution in [0.1, 0.15) is 29.0 Å². The lowest BCUT2D eigenvalue weighted by Gasteiger charge is -2.27. The predicted molar refractivity (Wildman–Crippen MR) is 110 cm³/mol. The second-order valence-electron chi connectivity index (χ2n) is 7.07. The molecule has 0 saturated carbocycles. The van der Waals surface area contributed by atoms with Crippen LogP contribution in [0.5, 0.6) is 5.75 Å². The molecule has 0 bridgehead atoms. The van der Waals surface area contributed by atoms with Gasteiger partial charge in [0.05, 0.1) is 17.1 Å². The van der Waals surface area contributed by atoms with E-state index >= 15 is 0 Å². The van der Waals surface area contributed by atoms with Crippen molar-refractivity contribution in [3.63, 3.8) is 0 Å². The SMILES string of the molecule is O=S(=O)(Nc1cccc(F)n1)c1ccc2c(c1)OCCC2c1ccc(C(F)(F)F)cc1Cl. The highest BCUT2D eigenvalue weighted by Gasteiger charge is 2.33. The topological polar surface area (TPSA) is 68.3 Å². The highest BCUT2D eigenvalue weighted by atomic mass is 35.5. The Morgan fingerprint density at radius 3 is 2.50 bits per heavy atom. The van der Waals surface area contributed by atoms with Gasteiger partial charge < -0.3 is 4.74 Å². The lowest BCUT2D eigenvalue weighted by molar-refractivity contribution is -0.137. The minimum atomic E-state index is -4.51. The summed E-state index contributed by atoms with van der Waals surface area (Å²) < 4.78 is 85.3. The first-order chi connectivity index (χ1) is 15.0. The van der Waals surface area contributed by atoms with E-state index in [1.54, 1.807) is 0 Å². The molecule has 1 N–H and O–H groups in total. The number of sulfonamides is 1. The van der Waals surface area contributed by atoms with Crippen LogP contribution in [-0.4, -0.2) is 20.0 Å². The maximum atomic E-state index is 13.3. The van der Waals surface area contributed by atoms with Crippen LogP contribution >= 0.6 is 11.6 Å². The van der Waals surface area contributed by atoms with Crippen LogP contribution in [0.25, 0.3) is 0 Å². The molecule has 2 heterocycles. The molecule has 0 spiro atoms. The summed E-state index contributed by atoms with van der Waals surface area (Å²) in [5.41, 5.74) is 0.236. The molecular weight excluding hydrogens is 472 g/mol. The van der Waals surface area contributed by atoms with E-state index < -0.39 is 27.7 Å². The minimum absolute atomic E-state index is 0.0341. The largest absolute Gasteiger partial charge is 0.493 e. The van der Waals surface area contributed by atoms with Crippen molar-refractivity contribution in [3.8, 4) is 5.75 Å². The van der Waals surface area contributed by atoms with E-state index in [1.165, 1.54) is 36.4 Å². The number of fused-ring (bicyclic) bond motifs is 1. The maximum Gasteiger partial charge on any atom is 0.416 e. The zero-order chi connectivity index (χ0) is 23.1. The number of nitrogens with zero attached hydrogens (tertiary/aromatic N) is 1. The van der Waals surface area contributed by atoms with Crippen LogP contribution < -0.4 is 9.46 Å². The van der Waals surface area contributed by atoms with Crippen LogP contribution in [-0.2, 0) is 16.2 Å². The highest BCUT2D eigenvalue weighted by Crippen LogP contribution is 2.43. The van der Waals surface area contributed by atoms with Gasteiger partial charge in [-0.1, -0.05) is 29.8 Å². The van der Waals surface area contributed by atoms with Crippen molar-refractivity contribution in [1.82, 2.24) is 4.98 Å². The lowest BCUT2D eigenvalue weighted by atomic mass is 9.86. The van der Waals surface area contributed by atoms with Gasteiger partial charge in [0.1, 0.15) is 11.6 Å². The molecule has 1 aromatic heterocycles. The molecule has 1 aliphatic rings. The zero-order valence-electron chi connectivity index (χ0n) is 16.2. The van der Waals surface area contributed by atoms with Crippen LogP contribution in [0, 0.1) is 5.95 Å². The molecule has 0 radical (unpaired) electrons. The fourth-order valence-electron chi connectivity index (χ4n) is 3.51. The van der Waals surface area contributed by atoms with E-state index in [2.05, 4.69) is 9.71 Å². The van der Waals surface area contributed by atoms with Gasteiger partial charge in [0, 0.05) is 22.6 Å². The van der Waals surface area contributed by atoms with Gasteiger partial charge in [-0.15, -0.1) is 0 Å². The third kappa shape index (κ3) is 4.51. The van der Waals surface area contributed by atoms with E-state index in [4.69, 9.17) is 16.3 Å². The van der Waals surface area contributed by atoms with Crippen molar-refractivity contribution in [2.45, 2.75) is 23.4 Å². The third-order valence-electron chi connectivity index (χ3n) is 4.99. The van der Waals surface area contributed by atoms with Gasteiger partial charge in [0.2, 0.25) is 5.95 Å². The first-order valence-corrected chi connectivity index (χ1v) is 11.2. The van der Waals surface area contributed by atoms with Crippen LogP contribution in [0.3, 0.4) is 0 Å². The molecule has 32 heavy (non-hydrogen) atoms. The van der Waals surface area contributed by atoms with E-state index in [0.717, 1.165) is 18.2 Å². The summed E-state index contributed by atoms with van der Waals surface area (Å²) in [6.07, 6.45) is -4.06. The van der Waals surface area contributed by atoms with Crippen molar-refractivity contribution < 1.29 is 30.7 Å². The number of nitrogens with one attached hydrogen (secondary N) is 1. The predicted octanol–water partition coefficient (Wildman–Crippen LogP) is 5.61. The van der Waals surface area contributed by atoms with Gasteiger partial charge in [-0.05, 0) is 42.3 Å². The molecule has 0 aliphatic carbocycles. The van der Waals surface area contributed by atoms with Gasteiger partial charge in [-0.25, -0.2) is 13.4 Å². The second-order valence-corrected chi connectivity index (χ2v) is 9.16. The summed E-state index contributed by atoms with van der Waals surface area (Å²) >= 11 is 6.16. The number of benzene rings is 2. The Labute approximate surface area is 186 Å². The molecule has 3 aromatic rings. The Balaban J connectivity index is 1.66. The van der Waals surface area contributed by atoms with E-state index in [-0.39, 0.29) is 34.0 Å². The Bertz CT molecular complexity index is 1280. The molecule has 5 nitrogen and oxygen atoms in total. The Hall–Kier alpha value is -2.85. The number of rotatable bonds is 4. The minimum Gasteiger partial charge on any atom is -0.493 e. The van der Waals surface area contributed by atoms with Crippen molar-refractivity contribution in [3.05, 3.63) is 82.3 Å². The number of anilines is 1. The van der Waals surface area contributed by atoms with Gasteiger partial charge in [0.25, 0.3) is 10.0 Å². The summed E-state index contributed by atoms with van der Waals surface area (Å²) in [6.45, 7) is 0.220. The summed E-state index contributed by atoms with van der Waals surface area (Å²) in [5, 5.41) is -0.0341. The maximum absolute atomic E-state index is 13.3. The average Bonchev–Trinajstić information content (AvgIpc) is 2.72. The van der Waals surface area contributed by atoms with Crippen molar-refractivity contribution >= 4 is 27.4 Å². The van der Waals surface area contributed by atoms with Crippen molar-refractivity contribution in [2.75, 3.05) is 11.3 Å². The van der Waals surface area contributed by atoms with Gasteiger partial charge in [-0.3, -0.25) is 4.72 Å². The van der Waals surface area contributed by atoms with Crippen LogP contribution in [0.2, 0.25) is 5.02 Å². The molecule has 4 rings (SSSR count). The zero-order valence-corrected chi connectivity index (χ0v) is 17.7. The van der Waals surface area contributed by atoms with Gasteiger partial charge in [-0.2, -0.15) is 17.6 Å². The molecule has 0 saturated heterocycles. The average molecular weight is 487 g/mol.